The summed E-state index contributed by atoms with van der Waals surface area (Å²) in [7, 11) is 1.61. The van der Waals surface area contributed by atoms with Gasteiger partial charge in [-0.1, -0.05) is 37.6 Å². The molecule has 0 aliphatic rings. The van der Waals surface area contributed by atoms with Crippen molar-refractivity contribution in [3.05, 3.63) is 65.7 Å². The molecule has 3 heteroatoms. The van der Waals surface area contributed by atoms with Crippen molar-refractivity contribution >= 4 is 10.8 Å². The SMILES string of the molecule is CCCc1cc2ccc(-c3ccc(OC)cc3)cc2c(F)c1F. The lowest BCUT2D eigenvalue weighted by Crippen LogP contribution is -1.96. The molecule has 0 aromatic heterocycles. The van der Waals surface area contributed by atoms with Gasteiger partial charge in [-0.2, -0.15) is 0 Å². The molecule has 3 rings (SSSR count). The van der Waals surface area contributed by atoms with Gasteiger partial charge in [0.1, 0.15) is 5.75 Å². The smallest absolute Gasteiger partial charge is 0.166 e. The van der Waals surface area contributed by atoms with E-state index in [4.69, 9.17) is 4.74 Å². The van der Waals surface area contributed by atoms with Crippen LogP contribution in [0, 0.1) is 11.6 Å². The average Bonchev–Trinajstić information content (AvgIpc) is 2.59. The van der Waals surface area contributed by atoms with E-state index in [-0.39, 0.29) is 0 Å². The maximum atomic E-state index is 14.4. The van der Waals surface area contributed by atoms with Crippen molar-refractivity contribution in [3.63, 3.8) is 0 Å². The van der Waals surface area contributed by atoms with Crippen LogP contribution in [0.25, 0.3) is 21.9 Å². The molecule has 1 nitrogen and oxygen atoms in total. The molecule has 0 N–H and O–H groups in total. The van der Waals surface area contributed by atoms with Gasteiger partial charge in [-0.3, -0.25) is 0 Å². The molecule has 0 heterocycles. The van der Waals surface area contributed by atoms with Gasteiger partial charge >= 0.3 is 0 Å². The fourth-order valence-corrected chi connectivity index (χ4v) is 2.80. The Morgan fingerprint density at radius 3 is 2.22 bits per heavy atom. The Hall–Kier alpha value is -2.42. The molecule has 0 saturated carbocycles. The predicted molar refractivity (Wildman–Crippen MR) is 89.8 cm³/mol. The lowest BCUT2D eigenvalue weighted by Gasteiger charge is -2.09. The van der Waals surface area contributed by atoms with E-state index in [9.17, 15) is 8.78 Å². The summed E-state index contributed by atoms with van der Waals surface area (Å²) in [6, 6.07) is 14.7. The molecule has 0 fully saturated rings. The van der Waals surface area contributed by atoms with E-state index in [1.807, 2.05) is 43.3 Å². The topological polar surface area (TPSA) is 9.23 Å². The van der Waals surface area contributed by atoms with Gasteiger partial charge in [0.05, 0.1) is 7.11 Å². The summed E-state index contributed by atoms with van der Waals surface area (Å²) in [5.41, 5.74) is 2.22. The second-order valence-electron chi connectivity index (χ2n) is 5.58. The van der Waals surface area contributed by atoms with Crippen LogP contribution >= 0.6 is 0 Å². The van der Waals surface area contributed by atoms with Crippen LogP contribution in [0.15, 0.2) is 48.5 Å². The van der Waals surface area contributed by atoms with Crippen LogP contribution in [0.1, 0.15) is 18.9 Å². The van der Waals surface area contributed by atoms with Crippen molar-refractivity contribution in [1.82, 2.24) is 0 Å². The van der Waals surface area contributed by atoms with E-state index in [0.29, 0.717) is 17.4 Å². The highest BCUT2D eigenvalue weighted by Crippen LogP contribution is 2.30. The van der Waals surface area contributed by atoms with E-state index in [1.54, 1.807) is 19.2 Å². The molecule has 0 unspecified atom stereocenters. The number of benzene rings is 3. The quantitative estimate of drug-likeness (QED) is 0.596. The van der Waals surface area contributed by atoms with Crippen molar-refractivity contribution in [2.75, 3.05) is 7.11 Å². The first-order valence-corrected chi connectivity index (χ1v) is 7.69. The van der Waals surface area contributed by atoms with Crippen molar-refractivity contribution < 1.29 is 13.5 Å². The first-order valence-electron chi connectivity index (χ1n) is 7.69. The van der Waals surface area contributed by atoms with Crippen molar-refractivity contribution in [2.24, 2.45) is 0 Å². The third-order valence-electron chi connectivity index (χ3n) is 4.04. The highest BCUT2D eigenvalue weighted by Gasteiger charge is 2.13. The molecule has 0 spiro atoms. The minimum Gasteiger partial charge on any atom is -0.497 e. The number of hydrogen-bond donors (Lipinski definition) is 0. The molecule has 3 aromatic carbocycles. The zero-order chi connectivity index (χ0) is 16.4. The van der Waals surface area contributed by atoms with Crippen LogP contribution in [0.4, 0.5) is 8.78 Å². The summed E-state index contributed by atoms with van der Waals surface area (Å²) in [5, 5.41) is 1.04. The maximum absolute atomic E-state index is 14.4. The molecule has 23 heavy (non-hydrogen) atoms. The lowest BCUT2D eigenvalue weighted by atomic mass is 9.98. The number of rotatable bonds is 4. The second kappa shape index (κ2) is 6.37. The Kier molecular flexibility index (Phi) is 4.28. The van der Waals surface area contributed by atoms with E-state index in [2.05, 4.69) is 0 Å². The molecule has 3 aromatic rings. The van der Waals surface area contributed by atoms with Crippen LogP contribution in [0.2, 0.25) is 0 Å². The van der Waals surface area contributed by atoms with Crippen LogP contribution in [-0.2, 0) is 6.42 Å². The molecule has 118 valence electrons. The fourth-order valence-electron chi connectivity index (χ4n) is 2.80. The Labute approximate surface area is 134 Å². The van der Waals surface area contributed by atoms with Crippen LogP contribution in [0.3, 0.4) is 0 Å². The van der Waals surface area contributed by atoms with Crippen molar-refractivity contribution in [1.29, 1.82) is 0 Å². The lowest BCUT2D eigenvalue weighted by molar-refractivity contribution is 0.415. The first-order chi connectivity index (χ1) is 11.1. The molecule has 0 bridgehead atoms. The van der Waals surface area contributed by atoms with Gasteiger partial charge in [0.2, 0.25) is 0 Å². The average molecular weight is 312 g/mol. The third kappa shape index (κ3) is 2.91. The monoisotopic (exact) mass is 312 g/mol. The normalized spacial score (nSPS) is 11.0. The maximum Gasteiger partial charge on any atom is 0.166 e. The molecule has 0 aliphatic carbocycles. The van der Waals surface area contributed by atoms with Crippen molar-refractivity contribution in [3.8, 4) is 16.9 Å². The highest BCUT2D eigenvalue weighted by atomic mass is 19.2. The molecular weight excluding hydrogens is 294 g/mol. The summed E-state index contributed by atoms with van der Waals surface area (Å²) in [5.74, 6) is -0.733. The van der Waals surface area contributed by atoms with E-state index < -0.39 is 11.6 Å². The Bertz CT molecular complexity index is 838. The second-order valence-corrected chi connectivity index (χ2v) is 5.58. The number of fused-ring (bicyclic) bond motifs is 1. The molecular formula is C20H18F2O. The summed E-state index contributed by atoms with van der Waals surface area (Å²) in [6.45, 7) is 1.95. The molecule has 0 saturated heterocycles. The standard InChI is InChI=1S/C20H18F2O/c1-3-4-16-11-15-6-5-14(12-18(15)20(22)19(16)21)13-7-9-17(23-2)10-8-13/h5-12H,3-4H2,1-2H3. The van der Waals surface area contributed by atoms with Gasteiger partial charge in [-0.25, -0.2) is 8.78 Å². The first kappa shape index (κ1) is 15.5. The molecule has 0 radical (unpaired) electrons. The number of ether oxygens (including phenoxy) is 1. The molecule has 0 atom stereocenters. The van der Waals surface area contributed by atoms with E-state index >= 15 is 0 Å². The fraction of sp³-hybridized carbons (Fsp3) is 0.200. The van der Waals surface area contributed by atoms with Gasteiger partial charge in [0.25, 0.3) is 0 Å². The van der Waals surface area contributed by atoms with E-state index in [0.717, 1.165) is 28.7 Å². The van der Waals surface area contributed by atoms with Crippen LogP contribution in [-0.4, -0.2) is 7.11 Å². The van der Waals surface area contributed by atoms with Gasteiger partial charge in [-0.05, 0) is 52.8 Å². The predicted octanol–water partition coefficient (Wildman–Crippen LogP) is 5.75. The summed E-state index contributed by atoms with van der Waals surface area (Å²) < 4.78 is 33.7. The largest absolute Gasteiger partial charge is 0.497 e. The van der Waals surface area contributed by atoms with Gasteiger partial charge in [-0.15, -0.1) is 0 Å². The Morgan fingerprint density at radius 1 is 0.870 bits per heavy atom. The number of halogens is 2. The zero-order valence-electron chi connectivity index (χ0n) is 13.2. The molecule has 0 aliphatic heterocycles. The third-order valence-corrected chi connectivity index (χ3v) is 4.04. The summed E-state index contributed by atoms with van der Waals surface area (Å²) in [4.78, 5) is 0. The zero-order valence-corrected chi connectivity index (χ0v) is 13.2. The Balaban J connectivity index is 2.10. The Morgan fingerprint density at radius 2 is 1.57 bits per heavy atom. The number of hydrogen-bond acceptors (Lipinski definition) is 1. The van der Waals surface area contributed by atoms with E-state index in [1.165, 1.54) is 0 Å². The van der Waals surface area contributed by atoms with Gasteiger partial charge in [0, 0.05) is 5.39 Å². The van der Waals surface area contributed by atoms with Gasteiger partial charge < -0.3 is 4.74 Å². The van der Waals surface area contributed by atoms with Gasteiger partial charge in [0.15, 0.2) is 11.6 Å². The molecule has 0 amide bonds. The summed E-state index contributed by atoms with van der Waals surface area (Å²) in [6.07, 6.45) is 1.32. The minimum atomic E-state index is -0.763. The van der Waals surface area contributed by atoms with Crippen LogP contribution in [0.5, 0.6) is 5.75 Å². The van der Waals surface area contributed by atoms with Crippen molar-refractivity contribution in [2.45, 2.75) is 19.8 Å². The minimum absolute atomic E-state index is 0.315. The number of aryl methyl sites for hydroxylation is 1. The summed E-state index contributed by atoms with van der Waals surface area (Å²) >= 11 is 0. The van der Waals surface area contributed by atoms with Crippen LogP contribution < -0.4 is 4.74 Å². The number of methoxy groups -OCH3 is 1. The highest BCUT2D eigenvalue weighted by molar-refractivity contribution is 5.88.